The molecule has 1 aromatic heterocycles. The van der Waals surface area contributed by atoms with Crippen molar-refractivity contribution in [2.24, 2.45) is 0 Å². The van der Waals surface area contributed by atoms with Crippen LogP contribution in [-0.4, -0.2) is 9.97 Å². The Morgan fingerprint density at radius 1 is 1.44 bits per heavy atom. The van der Waals surface area contributed by atoms with Crippen molar-refractivity contribution in [3.8, 4) is 11.3 Å². The second-order valence-electron chi connectivity index (χ2n) is 3.47. The number of halogens is 1. The Hall–Kier alpha value is -1.55. The first kappa shape index (κ1) is 11.0. The van der Waals surface area contributed by atoms with Crippen LogP contribution >= 0.6 is 12.2 Å². The maximum atomic E-state index is 13.6. The molecule has 0 unspecified atom stereocenters. The quantitative estimate of drug-likeness (QED) is 0.805. The first-order valence-corrected chi connectivity index (χ1v) is 5.45. The lowest BCUT2D eigenvalue weighted by molar-refractivity contribution is 0.617. The number of nitrogens with zero attached hydrogens (tertiary/aromatic N) is 1. The molecule has 0 aliphatic rings. The van der Waals surface area contributed by atoms with Crippen LogP contribution in [0.3, 0.4) is 0 Å². The minimum Gasteiger partial charge on any atom is -0.328 e. The van der Waals surface area contributed by atoms with E-state index < -0.39 is 0 Å². The van der Waals surface area contributed by atoms with E-state index in [1.807, 2.05) is 24.3 Å². The molecule has 0 aliphatic carbocycles. The summed E-state index contributed by atoms with van der Waals surface area (Å²) in [6.45, 7) is 2.06. The SMILES string of the molecule is CCc1cccc(-c2[nH]c(=S)ncc2F)c1. The second-order valence-corrected chi connectivity index (χ2v) is 3.85. The number of aromatic nitrogens is 2. The van der Waals surface area contributed by atoms with E-state index in [1.54, 1.807) is 0 Å². The topological polar surface area (TPSA) is 28.7 Å². The van der Waals surface area contributed by atoms with E-state index in [9.17, 15) is 4.39 Å². The molecule has 1 N–H and O–H groups in total. The van der Waals surface area contributed by atoms with Crippen molar-refractivity contribution in [3.05, 3.63) is 46.6 Å². The van der Waals surface area contributed by atoms with Gasteiger partial charge in [-0.3, -0.25) is 0 Å². The lowest BCUT2D eigenvalue weighted by atomic mass is 10.1. The van der Waals surface area contributed by atoms with Crippen LogP contribution in [0.2, 0.25) is 0 Å². The van der Waals surface area contributed by atoms with Gasteiger partial charge in [0.05, 0.1) is 11.9 Å². The van der Waals surface area contributed by atoms with Crippen molar-refractivity contribution in [2.75, 3.05) is 0 Å². The summed E-state index contributed by atoms with van der Waals surface area (Å²) in [5.74, 6) is -0.387. The van der Waals surface area contributed by atoms with E-state index in [0.717, 1.165) is 23.7 Å². The monoisotopic (exact) mass is 234 g/mol. The minimum atomic E-state index is -0.387. The fourth-order valence-electron chi connectivity index (χ4n) is 1.54. The molecular weight excluding hydrogens is 223 g/mol. The first-order chi connectivity index (χ1) is 7.70. The average Bonchev–Trinajstić information content (AvgIpc) is 2.32. The van der Waals surface area contributed by atoms with Gasteiger partial charge < -0.3 is 4.98 Å². The molecular formula is C12H11FN2S. The van der Waals surface area contributed by atoms with Gasteiger partial charge in [-0.1, -0.05) is 25.1 Å². The van der Waals surface area contributed by atoms with E-state index in [4.69, 9.17) is 12.2 Å². The van der Waals surface area contributed by atoms with Gasteiger partial charge in [0.25, 0.3) is 0 Å². The molecule has 1 aromatic carbocycles. The molecule has 16 heavy (non-hydrogen) atoms. The van der Waals surface area contributed by atoms with Crippen LogP contribution in [-0.2, 0) is 6.42 Å². The zero-order chi connectivity index (χ0) is 11.5. The summed E-state index contributed by atoms with van der Waals surface area (Å²) in [6.07, 6.45) is 2.06. The van der Waals surface area contributed by atoms with E-state index in [2.05, 4.69) is 16.9 Å². The Morgan fingerprint density at radius 2 is 2.25 bits per heavy atom. The predicted molar refractivity (Wildman–Crippen MR) is 64.2 cm³/mol. The fourth-order valence-corrected chi connectivity index (χ4v) is 1.69. The van der Waals surface area contributed by atoms with Gasteiger partial charge in [-0.2, -0.15) is 0 Å². The third kappa shape index (κ3) is 2.17. The predicted octanol–water partition coefficient (Wildman–Crippen LogP) is 3.51. The van der Waals surface area contributed by atoms with Gasteiger partial charge in [-0.05, 0) is 30.3 Å². The number of hydrogen-bond acceptors (Lipinski definition) is 2. The molecule has 0 saturated carbocycles. The summed E-state index contributed by atoms with van der Waals surface area (Å²) in [7, 11) is 0. The van der Waals surface area contributed by atoms with E-state index in [0.29, 0.717) is 10.5 Å². The molecule has 0 bridgehead atoms. The Balaban J connectivity index is 2.57. The summed E-state index contributed by atoms with van der Waals surface area (Å²) in [5.41, 5.74) is 2.36. The molecule has 0 radical (unpaired) electrons. The number of aryl methyl sites for hydroxylation is 1. The Bertz CT molecular complexity index is 563. The summed E-state index contributed by atoms with van der Waals surface area (Å²) >= 11 is 4.89. The third-order valence-corrected chi connectivity index (χ3v) is 2.60. The molecule has 2 aromatic rings. The molecule has 0 saturated heterocycles. The van der Waals surface area contributed by atoms with Crippen molar-refractivity contribution < 1.29 is 4.39 Å². The molecule has 82 valence electrons. The summed E-state index contributed by atoms with van der Waals surface area (Å²) in [5, 5.41) is 0. The van der Waals surface area contributed by atoms with Crippen molar-refractivity contribution in [1.82, 2.24) is 9.97 Å². The van der Waals surface area contributed by atoms with Crippen LogP contribution in [0, 0.1) is 10.6 Å². The van der Waals surface area contributed by atoms with Crippen molar-refractivity contribution in [1.29, 1.82) is 0 Å². The van der Waals surface area contributed by atoms with Gasteiger partial charge in [0.2, 0.25) is 0 Å². The molecule has 0 aliphatic heterocycles. The highest BCUT2D eigenvalue weighted by Crippen LogP contribution is 2.20. The molecule has 0 spiro atoms. The second kappa shape index (κ2) is 4.53. The van der Waals surface area contributed by atoms with Crippen LogP contribution in [0.25, 0.3) is 11.3 Å². The van der Waals surface area contributed by atoms with Crippen molar-refractivity contribution >= 4 is 12.2 Å². The molecule has 2 nitrogen and oxygen atoms in total. The van der Waals surface area contributed by atoms with Crippen LogP contribution in [0.15, 0.2) is 30.5 Å². The largest absolute Gasteiger partial charge is 0.328 e. The maximum Gasteiger partial charge on any atom is 0.197 e. The molecule has 0 atom stereocenters. The number of hydrogen-bond donors (Lipinski definition) is 1. The normalized spacial score (nSPS) is 10.4. The van der Waals surface area contributed by atoms with Gasteiger partial charge in [0, 0.05) is 5.56 Å². The standard InChI is InChI=1S/C12H11FN2S/c1-2-8-4-3-5-9(6-8)11-10(13)7-14-12(16)15-11/h3-7H,2H2,1H3,(H,14,15,16). The smallest absolute Gasteiger partial charge is 0.197 e. The highest BCUT2D eigenvalue weighted by Gasteiger charge is 2.05. The van der Waals surface area contributed by atoms with Gasteiger partial charge in [-0.15, -0.1) is 0 Å². The van der Waals surface area contributed by atoms with E-state index >= 15 is 0 Å². The fraction of sp³-hybridized carbons (Fsp3) is 0.167. The van der Waals surface area contributed by atoms with Crippen molar-refractivity contribution in [2.45, 2.75) is 13.3 Å². The lowest BCUT2D eigenvalue weighted by Crippen LogP contribution is -1.93. The number of benzene rings is 1. The highest BCUT2D eigenvalue weighted by molar-refractivity contribution is 7.71. The Labute approximate surface area is 98.2 Å². The van der Waals surface area contributed by atoms with Crippen LogP contribution in [0.5, 0.6) is 0 Å². The number of nitrogens with one attached hydrogen (secondary N) is 1. The van der Waals surface area contributed by atoms with Crippen LogP contribution in [0.4, 0.5) is 4.39 Å². The van der Waals surface area contributed by atoms with Gasteiger partial charge in [0.15, 0.2) is 10.6 Å². The van der Waals surface area contributed by atoms with E-state index in [1.165, 1.54) is 0 Å². The van der Waals surface area contributed by atoms with Gasteiger partial charge in [0.1, 0.15) is 0 Å². The molecule has 0 amide bonds. The first-order valence-electron chi connectivity index (χ1n) is 5.05. The maximum absolute atomic E-state index is 13.6. The average molecular weight is 234 g/mol. The highest BCUT2D eigenvalue weighted by atomic mass is 32.1. The number of H-pyrrole nitrogens is 1. The molecule has 0 fully saturated rings. The lowest BCUT2D eigenvalue weighted by Gasteiger charge is -2.04. The minimum absolute atomic E-state index is 0.290. The summed E-state index contributed by atoms with van der Waals surface area (Å²) in [4.78, 5) is 6.46. The Kier molecular flexibility index (Phi) is 3.10. The third-order valence-electron chi connectivity index (χ3n) is 2.39. The number of aromatic amines is 1. The van der Waals surface area contributed by atoms with Gasteiger partial charge in [-0.25, -0.2) is 9.37 Å². The molecule has 2 rings (SSSR count). The van der Waals surface area contributed by atoms with E-state index in [-0.39, 0.29) is 5.82 Å². The number of rotatable bonds is 2. The summed E-state index contributed by atoms with van der Waals surface area (Å²) in [6, 6.07) is 7.72. The molecule has 1 heterocycles. The Morgan fingerprint density at radius 3 is 3.00 bits per heavy atom. The zero-order valence-electron chi connectivity index (χ0n) is 8.83. The zero-order valence-corrected chi connectivity index (χ0v) is 9.64. The van der Waals surface area contributed by atoms with Crippen molar-refractivity contribution in [3.63, 3.8) is 0 Å². The summed E-state index contributed by atoms with van der Waals surface area (Å²) < 4.78 is 13.8. The van der Waals surface area contributed by atoms with Gasteiger partial charge >= 0.3 is 0 Å². The van der Waals surface area contributed by atoms with Crippen LogP contribution in [0.1, 0.15) is 12.5 Å². The van der Waals surface area contributed by atoms with Crippen LogP contribution < -0.4 is 0 Å². The molecule has 4 heteroatoms.